The zero-order chi connectivity index (χ0) is 12.7. The van der Waals surface area contributed by atoms with E-state index in [1.807, 2.05) is 18.2 Å². The number of hydrogen-bond acceptors (Lipinski definition) is 5. The highest BCUT2D eigenvalue weighted by atomic mass is 32.2. The first-order valence-electron chi connectivity index (χ1n) is 5.44. The highest BCUT2D eigenvalue weighted by molar-refractivity contribution is 7.90. The molecule has 0 aliphatic carbocycles. The molecule has 6 heteroatoms. The van der Waals surface area contributed by atoms with Crippen LogP contribution in [0.25, 0.3) is 10.1 Å². The van der Waals surface area contributed by atoms with Gasteiger partial charge in [0.25, 0.3) is 0 Å². The van der Waals surface area contributed by atoms with E-state index < -0.39 is 17.3 Å². The molecule has 1 aliphatic rings. The molecule has 1 aliphatic heterocycles. The van der Waals surface area contributed by atoms with Crippen molar-refractivity contribution in [3.63, 3.8) is 0 Å². The minimum Gasteiger partial charge on any atom is -0.616 e. The monoisotopic (exact) mass is 284 g/mol. The van der Waals surface area contributed by atoms with Gasteiger partial charge in [0.15, 0.2) is 11.5 Å². The van der Waals surface area contributed by atoms with Gasteiger partial charge in [0.2, 0.25) is 6.79 Å². The maximum absolute atomic E-state index is 11.1. The second-order valence-electron chi connectivity index (χ2n) is 4.15. The topological polar surface area (TPSA) is 61.8 Å². The number of aliphatic hydroxyl groups is 1. The van der Waals surface area contributed by atoms with Gasteiger partial charge >= 0.3 is 0 Å². The zero-order valence-corrected chi connectivity index (χ0v) is 11.3. The Morgan fingerprint density at radius 2 is 2.11 bits per heavy atom. The summed E-state index contributed by atoms with van der Waals surface area (Å²) in [6, 6.07) is 5.74. The summed E-state index contributed by atoms with van der Waals surface area (Å²) in [7, 11) is 0. The lowest BCUT2D eigenvalue weighted by Crippen LogP contribution is -2.11. The molecule has 1 N–H and O–H groups in total. The molecule has 18 heavy (non-hydrogen) atoms. The summed E-state index contributed by atoms with van der Waals surface area (Å²) in [5.74, 6) is 1.74. The van der Waals surface area contributed by atoms with Crippen LogP contribution in [0, 0.1) is 0 Å². The lowest BCUT2D eigenvalue weighted by atomic mass is 10.2. The summed E-state index contributed by atoms with van der Waals surface area (Å²) in [6.45, 7) is 0.261. The third-order valence-corrected chi connectivity index (χ3v) is 4.74. The third kappa shape index (κ3) is 2.16. The number of benzene rings is 1. The summed E-state index contributed by atoms with van der Waals surface area (Å²) in [5, 5.41) is 11.0. The van der Waals surface area contributed by atoms with E-state index in [-0.39, 0.29) is 12.5 Å². The average Bonchev–Trinajstić information content (AvgIpc) is 2.88. The Kier molecular flexibility index (Phi) is 3.11. The number of hydrogen-bond donors (Lipinski definition) is 1. The number of fused-ring (bicyclic) bond motifs is 2. The molecule has 2 atom stereocenters. The Morgan fingerprint density at radius 1 is 1.39 bits per heavy atom. The lowest BCUT2D eigenvalue weighted by molar-refractivity contribution is 0.174. The van der Waals surface area contributed by atoms with E-state index in [1.54, 1.807) is 6.26 Å². The van der Waals surface area contributed by atoms with Crippen LogP contribution in [-0.4, -0.2) is 28.5 Å². The molecule has 0 saturated carbocycles. The molecule has 2 aromatic rings. The van der Waals surface area contributed by atoms with Crippen molar-refractivity contribution in [3.05, 3.63) is 23.1 Å². The molecule has 4 nitrogen and oxygen atoms in total. The van der Waals surface area contributed by atoms with Crippen LogP contribution in [0.15, 0.2) is 18.2 Å². The summed E-state index contributed by atoms with van der Waals surface area (Å²) in [5.41, 5.74) is 0. The molecule has 0 saturated heterocycles. The quantitative estimate of drug-likeness (QED) is 0.876. The van der Waals surface area contributed by atoms with E-state index in [1.165, 1.54) is 11.3 Å². The van der Waals surface area contributed by atoms with Crippen LogP contribution in [0.5, 0.6) is 11.5 Å². The van der Waals surface area contributed by atoms with Gasteiger partial charge in [-0.2, -0.15) is 0 Å². The average molecular weight is 284 g/mol. The minimum absolute atomic E-state index is 0.261. The SMILES string of the molecule is C[S+]([O-])CC(O)c1cc2cc3c(cc2s1)OCO3. The Labute approximate surface area is 111 Å². The Bertz CT molecular complexity index is 538. The fourth-order valence-corrected chi connectivity index (χ4v) is 3.71. The molecule has 0 spiro atoms. The molecule has 96 valence electrons. The van der Waals surface area contributed by atoms with Crippen LogP contribution < -0.4 is 9.47 Å². The normalized spacial score (nSPS) is 17.1. The van der Waals surface area contributed by atoms with Gasteiger partial charge < -0.3 is 19.1 Å². The number of aliphatic hydroxyl groups excluding tert-OH is 1. The van der Waals surface area contributed by atoms with E-state index in [2.05, 4.69) is 0 Å². The maximum atomic E-state index is 11.1. The van der Waals surface area contributed by atoms with Crippen LogP contribution in [0.3, 0.4) is 0 Å². The summed E-state index contributed by atoms with van der Waals surface area (Å²) in [6.07, 6.45) is 0.914. The van der Waals surface area contributed by atoms with Gasteiger partial charge in [0.05, 0.1) is 6.26 Å². The molecular weight excluding hydrogens is 272 g/mol. The first-order valence-corrected chi connectivity index (χ1v) is 7.99. The van der Waals surface area contributed by atoms with Crippen LogP contribution in [0.1, 0.15) is 11.0 Å². The molecule has 0 radical (unpaired) electrons. The smallest absolute Gasteiger partial charge is 0.231 e. The van der Waals surface area contributed by atoms with E-state index in [9.17, 15) is 9.66 Å². The van der Waals surface area contributed by atoms with Crippen LogP contribution in [0.4, 0.5) is 0 Å². The first-order chi connectivity index (χ1) is 8.63. The van der Waals surface area contributed by atoms with Gasteiger partial charge in [-0.25, -0.2) is 0 Å². The van der Waals surface area contributed by atoms with Crippen molar-refractivity contribution in [2.75, 3.05) is 18.8 Å². The van der Waals surface area contributed by atoms with E-state index in [0.29, 0.717) is 0 Å². The third-order valence-electron chi connectivity index (χ3n) is 2.75. The second kappa shape index (κ2) is 4.62. The number of ether oxygens (including phenoxy) is 2. The molecule has 1 aromatic carbocycles. The maximum Gasteiger partial charge on any atom is 0.231 e. The predicted octanol–water partition coefficient (Wildman–Crippen LogP) is 2.04. The van der Waals surface area contributed by atoms with Crippen molar-refractivity contribution in [1.82, 2.24) is 0 Å². The van der Waals surface area contributed by atoms with Crippen molar-refractivity contribution >= 4 is 32.6 Å². The fourth-order valence-electron chi connectivity index (χ4n) is 1.92. The largest absolute Gasteiger partial charge is 0.616 e. The molecule has 2 heterocycles. The van der Waals surface area contributed by atoms with Crippen LogP contribution >= 0.6 is 11.3 Å². The Morgan fingerprint density at radius 3 is 2.83 bits per heavy atom. The lowest BCUT2D eigenvalue weighted by Gasteiger charge is -2.09. The van der Waals surface area contributed by atoms with E-state index >= 15 is 0 Å². The Hall–Kier alpha value is -0.950. The van der Waals surface area contributed by atoms with E-state index in [0.717, 1.165) is 26.5 Å². The fraction of sp³-hybridized carbons (Fsp3) is 0.333. The molecule has 0 amide bonds. The summed E-state index contributed by atoms with van der Waals surface area (Å²) >= 11 is 0.484. The number of thiophene rings is 1. The first kappa shape index (κ1) is 12.1. The zero-order valence-electron chi connectivity index (χ0n) is 9.71. The Balaban J connectivity index is 1.96. The molecular formula is C12H12O4S2. The molecule has 3 rings (SSSR count). The summed E-state index contributed by atoms with van der Waals surface area (Å²) < 4.78 is 22.8. The van der Waals surface area contributed by atoms with Gasteiger partial charge in [0, 0.05) is 15.6 Å². The van der Waals surface area contributed by atoms with Crippen molar-refractivity contribution in [3.8, 4) is 11.5 Å². The molecule has 0 bridgehead atoms. The molecule has 1 aromatic heterocycles. The highest BCUT2D eigenvalue weighted by Gasteiger charge is 2.19. The van der Waals surface area contributed by atoms with E-state index in [4.69, 9.17) is 9.47 Å². The van der Waals surface area contributed by atoms with Gasteiger partial charge in [-0.05, 0) is 17.5 Å². The predicted molar refractivity (Wildman–Crippen MR) is 71.8 cm³/mol. The highest BCUT2D eigenvalue weighted by Crippen LogP contribution is 2.40. The van der Waals surface area contributed by atoms with Crippen LogP contribution in [-0.2, 0) is 11.2 Å². The summed E-state index contributed by atoms with van der Waals surface area (Å²) in [4.78, 5) is 0.823. The number of rotatable bonds is 3. The van der Waals surface area contributed by atoms with Crippen molar-refractivity contribution in [1.29, 1.82) is 0 Å². The standard InChI is InChI=1S/C12H12O4S2/c1-18(14)5-8(13)12-3-7-2-9-10(16-6-15-9)4-11(7)17-12/h2-4,8,13H,5-6H2,1H3. The molecule has 2 unspecified atom stereocenters. The van der Waals surface area contributed by atoms with Gasteiger partial charge in [-0.3, -0.25) is 0 Å². The minimum atomic E-state index is -1.01. The van der Waals surface area contributed by atoms with Gasteiger partial charge in [0.1, 0.15) is 11.9 Å². The second-order valence-corrected chi connectivity index (χ2v) is 6.74. The van der Waals surface area contributed by atoms with Gasteiger partial charge in [-0.1, -0.05) is 11.2 Å². The van der Waals surface area contributed by atoms with Crippen molar-refractivity contribution in [2.24, 2.45) is 0 Å². The van der Waals surface area contributed by atoms with Crippen molar-refractivity contribution in [2.45, 2.75) is 6.10 Å². The van der Waals surface area contributed by atoms with Crippen molar-refractivity contribution < 1.29 is 19.1 Å². The van der Waals surface area contributed by atoms with Gasteiger partial charge in [-0.15, -0.1) is 11.3 Å². The molecule has 0 fully saturated rings. The van der Waals surface area contributed by atoms with Crippen LogP contribution in [0.2, 0.25) is 0 Å².